The minimum Gasteiger partial charge on any atom is -0.349 e. The molecule has 0 bridgehead atoms. The molecule has 0 spiro atoms. The van der Waals surface area contributed by atoms with Gasteiger partial charge in [-0.05, 0) is 5.56 Å². The molecule has 1 aromatic carbocycles. The first-order valence-electron chi connectivity index (χ1n) is 6.73. The Bertz CT molecular complexity index is 785. The number of nitrogens with one attached hydrogen (secondary N) is 2. The Hall–Kier alpha value is -2.26. The Morgan fingerprint density at radius 3 is 2.82 bits per heavy atom. The minimum atomic E-state index is -3.46. The molecule has 1 aliphatic rings. The fraction of sp³-hybridized carbons (Fsp3) is 0.308. The monoisotopic (exact) mass is 321 g/mol. The van der Waals surface area contributed by atoms with Crippen molar-refractivity contribution in [3.63, 3.8) is 0 Å². The maximum Gasteiger partial charge on any atom is 0.242 e. The summed E-state index contributed by atoms with van der Waals surface area (Å²) in [4.78, 5) is 11.2. The van der Waals surface area contributed by atoms with Gasteiger partial charge in [-0.2, -0.15) is 0 Å². The SMILES string of the molecule is O=C1Cn2nnc(CNS(=O)(=O)Cc3ccccc3)c2CN1. The quantitative estimate of drug-likeness (QED) is 0.774. The second-order valence-corrected chi connectivity index (χ2v) is 6.79. The van der Waals surface area contributed by atoms with Gasteiger partial charge in [0.25, 0.3) is 0 Å². The largest absolute Gasteiger partial charge is 0.349 e. The summed E-state index contributed by atoms with van der Waals surface area (Å²) in [6.45, 7) is 0.473. The first kappa shape index (κ1) is 14.7. The number of aromatic nitrogens is 3. The zero-order valence-corrected chi connectivity index (χ0v) is 12.5. The van der Waals surface area contributed by atoms with Crippen molar-refractivity contribution in [2.45, 2.75) is 25.4 Å². The molecule has 1 amide bonds. The van der Waals surface area contributed by atoms with Gasteiger partial charge in [-0.1, -0.05) is 35.5 Å². The van der Waals surface area contributed by atoms with Gasteiger partial charge in [-0.3, -0.25) is 4.79 Å². The van der Waals surface area contributed by atoms with E-state index in [0.717, 1.165) is 5.69 Å². The van der Waals surface area contributed by atoms with Crippen LogP contribution in [0.15, 0.2) is 30.3 Å². The zero-order valence-electron chi connectivity index (χ0n) is 11.7. The zero-order chi connectivity index (χ0) is 15.6. The second-order valence-electron chi connectivity index (χ2n) is 4.98. The molecule has 0 radical (unpaired) electrons. The predicted octanol–water partition coefficient (Wildman–Crippen LogP) is -0.472. The van der Waals surface area contributed by atoms with Crippen molar-refractivity contribution in [1.82, 2.24) is 25.0 Å². The van der Waals surface area contributed by atoms with Gasteiger partial charge in [0.15, 0.2) is 0 Å². The molecule has 116 valence electrons. The highest BCUT2D eigenvalue weighted by molar-refractivity contribution is 7.88. The van der Waals surface area contributed by atoms with E-state index in [2.05, 4.69) is 20.4 Å². The van der Waals surface area contributed by atoms with Crippen LogP contribution < -0.4 is 10.0 Å². The number of hydrogen-bond acceptors (Lipinski definition) is 5. The van der Waals surface area contributed by atoms with Crippen molar-refractivity contribution in [2.75, 3.05) is 0 Å². The third kappa shape index (κ3) is 3.31. The molecule has 2 N–H and O–H groups in total. The molecule has 1 aliphatic heterocycles. The molecule has 8 nitrogen and oxygen atoms in total. The third-order valence-electron chi connectivity index (χ3n) is 3.32. The van der Waals surface area contributed by atoms with Gasteiger partial charge in [0.1, 0.15) is 12.2 Å². The van der Waals surface area contributed by atoms with Crippen LogP contribution in [-0.4, -0.2) is 29.3 Å². The average molecular weight is 321 g/mol. The number of hydrogen-bond donors (Lipinski definition) is 2. The smallest absolute Gasteiger partial charge is 0.242 e. The summed E-state index contributed by atoms with van der Waals surface area (Å²) in [6, 6.07) is 8.94. The number of fused-ring (bicyclic) bond motifs is 1. The van der Waals surface area contributed by atoms with Crippen LogP contribution in [0.25, 0.3) is 0 Å². The molecule has 0 saturated carbocycles. The summed E-state index contributed by atoms with van der Waals surface area (Å²) in [5.41, 5.74) is 1.96. The van der Waals surface area contributed by atoms with Gasteiger partial charge >= 0.3 is 0 Å². The van der Waals surface area contributed by atoms with Crippen molar-refractivity contribution in [1.29, 1.82) is 0 Å². The number of carbonyl (C=O) groups excluding carboxylic acids is 1. The van der Waals surface area contributed by atoms with Gasteiger partial charge in [-0.25, -0.2) is 17.8 Å². The van der Waals surface area contributed by atoms with Crippen LogP contribution in [0.5, 0.6) is 0 Å². The van der Waals surface area contributed by atoms with Crippen LogP contribution >= 0.6 is 0 Å². The minimum absolute atomic E-state index is 0.0559. The third-order valence-corrected chi connectivity index (χ3v) is 4.62. The summed E-state index contributed by atoms with van der Waals surface area (Å²) in [5.74, 6) is -0.220. The van der Waals surface area contributed by atoms with E-state index >= 15 is 0 Å². The van der Waals surface area contributed by atoms with Gasteiger partial charge in [-0.15, -0.1) is 5.10 Å². The molecule has 0 saturated heterocycles. The van der Waals surface area contributed by atoms with E-state index in [1.807, 2.05) is 6.07 Å². The Labute approximate surface area is 127 Å². The van der Waals surface area contributed by atoms with Crippen molar-refractivity contribution in [3.8, 4) is 0 Å². The maximum atomic E-state index is 12.1. The molecule has 0 aliphatic carbocycles. The normalized spacial score (nSPS) is 14.5. The van der Waals surface area contributed by atoms with Gasteiger partial charge in [0.2, 0.25) is 15.9 Å². The average Bonchev–Trinajstić information content (AvgIpc) is 2.88. The Balaban J connectivity index is 1.66. The second kappa shape index (κ2) is 5.85. The van der Waals surface area contributed by atoms with E-state index in [1.54, 1.807) is 24.3 Å². The van der Waals surface area contributed by atoms with E-state index in [1.165, 1.54) is 4.68 Å². The van der Waals surface area contributed by atoms with E-state index in [4.69, 9.17) is 0 Å². The van der Waals surface area contributed by atoms with Crippen LogP contribution in [0, 0.1) is 0 Å². The Morgan fingerprint density at radius 2 is 2.05 bits per heavy atom. The Morgan fingerprint density at radius 1 is 1.27 bits per heavy atom. The fourth-order valence-corrected chi connectivity index (χ4v) is 3.31. The van der Waals surface area contributed by atoms with Crippen LogP contribution in [0.1, 0.15) is 17.0 Å². The molecule has 3 rings (SSSR count). The standard InChI is InChI=1S/C13H15N5O3S/c19-13-8-18-12(7-14-13)11(16-17-18)6-15-22(20,21)9-10-4-2-1-3-5-10/h1-5,15H,6-9H2,(H,14,19). The number of sulfonamides is 1. The van der Waals surface area contributed by atoms with Crippen LogP contribution in [0.2, 0.25) is 0 Å². The molecule has 0 atom stereocenters. The topological polar surface area (TPSA) is 106 Å². The lowest BCUT2D eigenvalue weighted by Crippen LogP contribution is -2.35. The molecule has 2 heterocycles. The maximum absolute atomic E-state index is 12.1. The van der Waals surface area contributed by atoms with E-state index in [9.17, 15) is 13.2 Å². The molecular formula is C13H15N5O3S. The summed E-state index contributed by atoms with van der Waals surface area (Å²) in [5, 5.41) is 10.5. The highest BCUT2D eigenvalue weighted by atomic mass is 32.2. The van der Waals surface area contributed by atoms with Crippen LogP contribution in [0.3, 0.4) is 0 Å². The number of amides is 1. The first-order valence-corrected chi connectivity index (χ1v) is 8.38. The lowest BCUT2D eigenvalue weighted by atomic mass is 10.2. The van der Waals surface area contributed by atoms with Crippen molar-refractivity contribution in [2.24, 2.45) is 0 Å². The number of carbonyl (C=O) groups is 1. The molecule has 2 aromatic rings. The number of nitrogens with zero attached hydrogens (tertiary/aromatic N) is 3. The van der Waals surface area contributed by atoms with E-state index < -0.39 is 10.0 Å². The summed E-state index contributed by atoms with van der Waals surface area (Å²) in [7, 11) is -3.46. The molecule has 22 heavy (non-hydrogen) atoms. The number of benzene rings is 1. The highest BCUT2D eigenvalue weighted by Gasteiger charge is 2.21. The van der Waals surface area contributed by atoms with Crippen molar-refractivity contribution in [3.05, 3.63) is 47.3 Å². The molecule has 1 aromatic heterocycles. The summed E-state index contributed by atoms with van der Waals surface area (Å²) in [6.07, 6.45) is 0. The van der Waals surface area contributed by atoms with Crippen LogP contribution in [-0.2, 0) is 40.2 Å². The lowest BCUT2D eigenvalue weighted by Gasteiger charge is -2.14. The summed E-state index contributed by atoms with van der Waals surface area (Å²) < 4.78 is 28.2. The van der Waals surface area contributed by atoms with Gasteiger partial charge < -0.3 is 5.32 Å². The fourth-order valence-electron chi connectivity index (χ4n) is 2.22. The van der Waals surface area contributed by atoms with E-state index in [0.29, 0.717) is 17.8 Å². The van der Waals surface area contributed by atoms with Crippen LogP contribution in [0.4, 0.5) is 0 Å². The highest BCUT2D eigenvalue weighted by Crippen LogP contribution is 2.10. The lowest BCUT2D eigenvalue weighted by molar-refractivity contribution is -0.122. The van der Waals surface area contributed by atoms with Crippen molar-refractivity contribution < 1.29 is 13.2 Å². The van der Waals surface area contributed by atoms with Crippen molar-refractivity contribution >= 4 is 15.9 Å². The first-order chi connectivity index (χ1) is 10.5. The molecule has 9 heteroatoms. The molecule has 0 fully saturated rings. The summed E-state index contributed by atoms with van der Waals surface area (Å²) >= 11 is 0. The molecule has 0 unspecified atom stereocenters. The van der Waals surface area contributed by atoms with E-state index in [-0.39, 0.29) is 24.7 Å². The number of rotatable bonds is 5. The predicted molar refractivity (Wildman–Crippen MR) is 77.8 cm³/mol. The van der Waals surface area contributed by atoms with Gasteiger partial charge in [0, 0.05) is 0 Å². The molecular weight excluding hydrogens is 306 g/mol. The Kier molecular flexibility index (Phi) is 3.90. The van der Waals surface area contributed by atoms with Gasteiger partial charge in [0.05, 0.1) is 24.5 Å².